The molecule has 0 radical (unpaired) electrons. The zero-order valence-electron chi connectivity index (χ0n) is 12.0. The molecule has 0 aliphatic carbocycles. The third-order valence-corrected chi connectivity index (χ3v) is 3.63. The van der Waals surface area contributed by atoms with Gasteiger partial charge in [0.25, 0.3) is 5.91 Å². The number of hydrogen-bond acceptors (Lipinski definition) is 3. The first-order chi connectivity index (χ1) is 9.40. The molecule has 0 aromatic heterocycles. The van der Waals surface area contributed by atoms with Crippen LogP contribution >= 0.6 is 15.9 Å². The fourth-order valence-electron chi connectivity index (χ4n) is 1.88. The van der Waals surface area contributed by atoms with Crippen LogP contribution in [0.5, 0.6) is 0 Å². The summed E-state index contributed by atoms with van der Waals surface area (Å²) in [7, 11) is 0. The first-order valence-electron chi connectivity index (χ1n) is 6.52. The van der Waals surface area contributed by atoms with Crippen molar-refractivity contribution in [2.45, 2.75) is 20.8 Å². The highest BCUT2D eigenvalue weighted by Crippen LogP contribution is 2.22. The van der Waals surface area contributed by atoms with Gasteiger partial charge < -0.3 is 16.0 Å². The summed E-state index contributed by atoms with van der Waals surface area (Å²) in [6, 6.07) is 3.44. The lowest BCUT2D eigenvalue weighted by molar-refractivity contribution is -0.129. The molecule has 0 saturated heterocycles. The van der Waals surface area contributed by atoms with Gasteiger partial charge in [0, 0.05) is 28.8 Å². The summed E-state index contributed by atoms with van der Waals surface area (Å²) < 4.78 is 0.737. The number of amides is 2. The lowest BCUT2D eigenvalue weighted by Gasteiger charge is -2.19. The minimum atomic E-state index is -0.295. The van der Waals surface area contributed by atoms with Gasteiger partial charge in [-0.2, -0.15) is 0 Å². The molecule has 0 unspecified atom stereocenters. The number of carbonyl (C=O) groups is 2. The second kappa shape index (κ2) is 7.28. The van der Waals surface area contributed by atoms with E-state index in [1.807, 2.05) is 13.8 Å². The average Bonchev–Trinajstić information content (AvgIpc) is 2.41. The Morgan fingerprint density at radius 3 is 2.45 bits per heavy atom. The third kappa shape index (κ3) is 3.96. The Bertz CT molecular complexity index is 513. The fourth-order valence-corrected chi connectivity index (χ4v) is 2.35. The average molecular weight is 342 g/mol. The van der Waals surface area contributed by atoms with E-state index in [-0.39, 0.29) is 18.4 Å². The van der Waals surface area contributed by atoms with E-state index in [2.05, 4.69) is 21.2 Å². The molecular weight excluding hydrogens is 322 g/mol. The van der Waals surface area contributed by atoms with Crippen molar-refractivity contribution in [1.82, 2.24) is 10.2 Å². The SMILES string of the molecule is CCN(CC)C(=O)CNC(=O)c1cc(Br)cc(N)c1C. The quantitative estimate of drug-likeness (QED) is 0.803. The maximum absolute atomic E-state index is 12.1. The van der Waals surface area contributed by atoms with E-state index >= 15 is 0 Å². The summed E-state index contributed by atoms with van der Waals surface area (Å²) in [4.78, 5) is 25.6. The highest BCUT2D eigenvalue weighted by molar-refractivity contribution is 9.10. The lowest BCUT2D eigenvalue weighted by atomic mass is 10.1. The predicted octanol–water partition coefficient (Wildman–Crippen LogP) is 1.94. The van der Waals surface area contributed by atoms with E-state index in [9.17, 15) is 9.59 Å². The van der Waals surface area contributed by atoms with Crippen LogP contribution in [0, 0.1) is 6.92 Å². The van der Waals surface area contributed by atoms with Gasteiger partial charge in [-0.3, -0.25) is 9.59 Å². The molecule has 1 rings (SSSR count). The van der Waals surface area contributed by atoms with Crippen LogP contribution in [-0.2, 0) is 4.79 Å². The Kier molecular flexibility index (Phi) is 6.01. The Balaban J connectivity index is 2.75. The Morgan fingerprint density at radius 2 is 1.90 bits per heavy atom. The molecular formula is C14H20BrN3O2. The number of nitrogen functional groups attached to an aromatic ring is 1. The summed E-state index contributed by atoms with van der Waals surface area (Å²) in [5, 5.41) is 2.64. The number of halogens is 1. The first-order valence-corrected chi connectivity index (χ1v) is 7.31. The molecule has 0 fully saturated rings. The van der Waals surface area contributed by atoms with Crippen LogP contribution in [0.2, 0.25) is 0 Å². The first kappa shape index (κ1) is 16.5. The Hall–Kier alpha value is -1.56. The van der Waals surface area contributed by atoms with Gasteiger partial charge in [0.15, 0.2) is 0 Å². The molecule has 6 heteroatoms. The molecule has 20 heavy (non-hydrogen) atoms. The molecule has 2 amide bonds. The Labute approximate surface area is 127 Å². The van der Waals surface area contributed by atoms with Crippen molar-refractivity contribution >= 4 is 33.4 Å². The largest absolute Gasteiger partial charge is 0.398 e. The van der Waals surface area contributed by atoms with Crippen molar-refractivity contribution in [2.75, 3.05) is 25.4 Å². The van der Waals surface area contributed by atoms with Gasteiger partial charge >= 0.3 is 0 Å². The Morgan fingerprint density at radius 1 is 1.30 bits per heavy atom. The molecule has 0 aliphatic rings. The molecule has 0 aliphatic heterocycles. The second-order valence-electron chi connectivity index (χ2n) is 4.42. The van der Waals surface area contributed by atoms with E-state index in [4.69, 9.17) is 5.73 Å². The zero-order valence-corrected chi connectivity index (χ0v) is 13.6. The van der Waals surface area contributed by atoms with E-state index < -0.39 is 0 Å². The number of nitrogens with one attached hydrogen (secondary N) is 1. The molecule has 0 spiro atoms. The molecule has 110 valence electrons. The molecule has 5 nitrogen and oxygen atoms in total. The molecule has 0 saturated carbocycles. The molecule has 0 atom stereocenters. The van der Waals surface area contributed by atoms with Crippen molar-refractivity contribution in [2.24, 2.45) is 0 Å². The molecule has 1 aromatic rings. The number of hydrogen-bond donors (Lipinski definition) is 2. The van der Waals surface area contributed by atoms with Gasteiger partial charge in [-0.05, 0) is 38.5 Å². The van der Waals surface area contributed by atoms with Gasteiger partial charge in [0.1, 0.15) is 0 Å². The van der Waals surface area contributed by atoms with Gasteiger partial charge in [-0.15, -0.1) is 0 Å². The van der Waals surface area contributed by atoms with Gasteiger partial charge in [-0.25, -0.2) is 0 Å². The van der Waals surface area contributed by atoms with E-state index in [0.717, 1.165) is 4.47 Å². The topological polar surface area (TPSA) is 75.4 Å². The van der Waals surface area contributed by atoms with Crippen molar-refractivity contribution < 1.29 is 9.59 Å². The van der Waals surface area contributed by atoms with Crippen molar-refractivity contribution in [3.05, 3.63) is 27.7 Å². The summed E-state index contributed by atoms with van der Waals surface area (Å²) in [6.07, 6.45) is 0. The van der Waals surface area contributed by atoms with Crippen LogP contribution in [0.25, 0.3) is 0 Å². The number of anilines is 1. The molecule has 0 bridgehead atoms. The molecule has 1 aromatic carbocycles. The highest BCUT2D eigenvalue weighted by Gasteiger charge is 2.15. The summed E-state index contributed by atoms with van der Waals surface area (Å²) in [5.41, 5.74) is 7.55. The molecule has 3 N–H and O–H groups in total. The van der Waals surface area contributed by atoms with Crippen LogP contribution in [0.4, 0.5) is 5.69 Å². The van der Waals surface area contributed by atoms with Gasteiger partial charge in [0.2, 0.25) is 5.91 Å². The monoisotopic (exact) mass is 341 g/mol. The zero-order chi connectivity index (χ0) is 15.3. The van der Waals surface area contributed by atoms with Crippen LogP contribution < -0.4 is 11.1 Å². The molecule has 0 heterocycles. The number of rotatable bonds is 5. The summed E-state index contributed by atoms with van der Waals surface area (Å²) >= 11 is 3.31. The number of nitrogens with zero attached hydrogens (tertiary/aromatic N) is 1. The lowest BCUT2D eigenvalue weighted by Crippen LogP contribution is -2.40. The van der Waals surface area contributed by atoms with Crippen LogP contribution in [0.15, 0.2) is 16.6 Å². The van der Waals surface area contributed by atoms with Crippen molar-refractivity contribution in [3.63, 3.8) is 0 Å². The number of carbonyl (C=O) groups excluding carboxylic acids is 2. The van der Waals surface area contributed by atoms with E-state index in [1.165, 1.54) is 0 Å². The van der Waals surface area contributed by atoms with Crippen LogP contribution in [-0.4, -0.2) is 36.3 Å². The standard InChI is InChI=1S/C14H20BrN3O2/c1-4-18(5-2)13(19)8-17-14(20)11-6-10(15)7-12(16)9(11)3/h6-7H,4-5,8,16H2,1-3H3,(H,17,20). The van der Waals surface area contributed by atoms with E-state index in [1.54, 1.807) is 24.0 Å². The third-order valence-electron chi connectivity index (χ3n) is 3.17. The second-order valence-corrected chi connectivity index (χ2v) is 5.33. The van der Waals surface area contributed by atoms with Gasteiger partial charge in [-0.1, -0.05) is 15.9 Å². The highest BCUT2D eigenvalue weighted by atomic mass is 79.9. The summed E-state index contributed by atoms with van der Waals surface area (Å²) in [6.45, 7) is 6.85. The van der Waals surface area contributed by atoms with E-state index in [0.29, 0.717) is 29.9 Å². The van der Waals surface area contributed by atoms with Crippen LogP contribution in [0.3, 0.4) is 0 Å². The fraction of sp³-hybridized carbons (Fsp3) is 0.429. The number of nitrogens with two attached hydrogens (primary N) is 1. The van der Waals surface area contributed by atoms with Crippen LogP contribution in [0.1, 0.15) is 29.8 Å². The van der Waals surface area contributed by atoms with Crippen molar-refractivity contribution in [3.8, 4) is 0 Å². The number of benzene rings is 1. The smallest absolute Gasteiger partial charge is 0.252 e. The number of likely N-dealkylation sites (N-methyl/N-ethyl adjacent to an activating group) is 1. The maximum Gasteiger partial charge on any atom is 0.252 e. The predicted molar refractivity (Wildman–Crippen MR) is 83.6 cm³/mol. The minimum absolute atomic E-state index is 0.00757. The van der Waals surface area contributed by atoms with Gasteiger partial charge in [0.05, 0.1) is 6.54 Å². The maximum atomic E-state index is 12.1. The van der Waals surface area contributed by atoms with Crippen molar-refractivity contribution in [1.29, 1.82) is 0 Å². The minimum Gasteiger partial charge on any atom is -0.398 e. The normalized spacial score (nSPS) is 10.2. The summed E-state index contributed by atoms with van der Waals surface area (Å²) in [5.74, 6) is -0.389.